The molecule has 0 radical (unpaired) electrons. The van der Waals surface area contributed by atoms with Gasteiger partial charge in [-0.3, -0.25) is 4.79 Å². The molecule has 7 heteroatoms. The lowest BCUT2D eigenvalue weighted by atomic mass is 10.2. The van der Waals surface area contributed by atoms with Crippen molar-refractivity contribution in [3.63, 3.8) is 0 Å². The Morgan fingerprint density at radius 3 is 2.87 bits per heavy atom. The van der Waals surface area contributed by atoms with E-state index in [1.54, 1.807) is 18.9 Å². The lowest BCUT2D eigenvalue weighted by Crippen LogP contribution is -2.24. The SMILES string of the molecule is COc1cc(N[C@H](C)c2nc(C)no2)ccc1N1CCCC1=O. The van der Waals surface area contributed by atoms with Crippen LogP contribution in [0.3, 0.4) is 0 Å². The first-order valence-corrected chi connectivity index (χ1v) is 7.63. The number of benzene rings is 1. The van der Waals surface area contributed by atoms with Gasteiger partial charge in [0.15, 0.2) is 5.82 Å². The molecular weight excluding hydrogens is 296 g/mol. The molecule has 1 N–H and O–H groups in total. The van der Waals surface area contributed by atoms with E-state index in [1.807, 2.05) is 25.1 Å². The second-order valence-electron chi connectivity index (χ2n) is 5.58. The van der Waals surface area contributed by atoms with Crippen LogP contribution < -0.4 is 15.0 Å². The van der Waals surface area contributed by atoms with Gasteiger partial charge >= 0.3 is 0 Å². The smallest absolute Gasteiger partial charge is 0.248 e. The van der Waals surface area contributed by atoms with E-state index < -0.39 is 0 Å². The number of hydrogen-bond donors (Lipinski definition) is 1. The molecule has 1 amide bonds. The minimum Gasteiger partial charge on any atom is -0.494 e. The van der Waals surface area contributed by atoms with E-state index in [1.165, 1.54) is 0 Å². The monoisotopic (exact) mass is 316 g/mol. The van der Waals surface area contributed by atoms with E-state index >= 15 is 0 Å². The summed E-state index contributed by atoms with van der Waals surface area (Å²) in [6.07, 6.45) is 1.48. The van der Waals surface area contributed by atoms with E-state index in [-0.39, 0.29) is 11.9 Å². The molecule has 122 valence electrons. The number of nitrogens with zero attached hydrogens (tertiary/aromatic N) is 3. The van der Waals surface area contributed by atoms with Gasteiger partial charge in [-0.15, -0.1) is 0 Å². The number of amides is 1. The van der Waals surface area contributed by atoms with E-state index in [9.17, 15) is 4.79 Å². The molecule has 2 aromatic rings. The Morgan fingerprint density at radius 2 is 2.26 bits per heavy atom. The summed E-state index contributed by atoms with van der Waals surface area (Å²) in [5, 5.41) is 7.09. The van der Waals surface area contributed by atoms with Gasteiger partial charge in [0.05, 0.1) is 12.8 Å². The third-order valence-corrected chi connectivity index (χ3v) is 3.84. The molecule has 3 rings (SSSR count). The average molecular weight is 316 g/mol. The number of carbonyl (C=O) groups is 1. The van der Waals surface area contributed by atoms with Gasteiger partial charge < -0.3 is 19.5 Å². The number of ether oxygens (including phenoxy) is 1. The van der Waals surface area contributed by atoms with Gasteiger partial charge in [0, 0.05) is 24.7 Å². The first-order chi connectivity index (χ1) is 11.1. The molecule has 1 aliphatic rings. The van der Waals surface area contributed by atoms with Crippen molar-refractivity contribution in [3.05, 3.63) is 29.9 Å². The van der Waals surface area contributed by atoms with Crippen LogP contribution in [-0.4, -0.2) is 29.7 Å². The highest BCUT2D eigenvalue weighted by Gasteiger charge is 2.24. The Labute approximate surface area is 134 Å². The van der Waals surface area contributed by atoms with Crippen LogP contribution in [0.2, 0.25) is 0 Å². The molecule has 7 nitrogen and oxygen atoms in total. The first-order valence-electron chi connectivity index (χ1n) is 7.63. The van der Waals surface area contributed by atoms with Crippen LogP contribution in [0.1, 0.15) is 37.5 Å². The number of aryl methyl sites for hydroxylation is 1. The van der Waals surface area contributed by atoms with Crippen molar-refractivity contribution in [3.8, 4) is 5.75 Å². The molecule has 1 aliphatic heterocycles. The van der Waals surface area contributed by atoms with Crippen LogP contribution >= 0.6 is 0 Å². The topological polar surface area (TPSA) is 80.5 Å². The fraction of sp³-hybridized carbons (Fsp3) is 0.438. The Kier molecular flexibility index (Phi) is 4.18. The van der Waals surface area contributed by atoms with Gasteiger partial charge in [-0.05, 0) is 32.4 Å². The molecule has 0 unspecified atom stereocenters. The van der Waals surface area contributed by atoms with E-state index in [0.29, 0.717) is 23.9 Å². The summed E-state index contributed by atoms with van der Waals surface area (Å²) >= 11 is 0. The van der Waals surface area contributed by atoms with Crippen LogP contribution in [0, 0.1) is 6.92 Å². The van der Waals surface area contributed by atoms with Gasteiger partial charge in [0.25, 0.3) is 0 Å². The maximum atomic E-state index is 11.9. The van der Waals surface area contributed by atoms with Gasteiger partial charge in [0.2, 0.25) is 11.8 Å². The van der Waals surface area contributed by atoms with Crippen LogP contribution in [0.5, 0.6) is 5.75 Å². The van der Waals surface area contributed by atoms with Crippen LogP contribution in [0.15, 0.2) is 22.7 Å². The molecule has 1 aromatic heterocycles. The average Bonchev–Trinajstić information content (AvgIpc) is 3.16. The predicted molar refractivity (Wildman–Crippen MR) is 85.7 cm³/mol. The van der Waals surface area contributed by atoms with Crippen molar-refractivity contribution >= 4 is 17.3 Å². The molecule has 1 fully saturated rings. The second kappa shape index (κ2) is 6.28. The third-order valence-electron chi connectivity index (χ3n) is 3.84. The second-order valence-corrected chi connectivity index (χ2v) is 5.58. The van der Waals surface area contributed by atoms with Crippen molar-refractivity contribution in [1.82, 2.24) is 10.1 Å². The lowest BCUT2D eigenvalue weighted by Gasteiger charge is -2.20. The molecule has 0 bridgehead atoms. The number of anilines is 2. The van der Waals surface area contributed by atoms with Gasteiger partial charge in [-0.2, -0.15) is 4.98 Å². The van der Waals surface area contributed by atoms with Crippen LogP contribution in [-0.2, 0) is 4.79 Å². The molecular formula is C16H20N4O3. The van der Waals surface area contributed by atoms with Crippen molar-refractivity contribution in [2.75, 3.05) is 23.9 Å². The summed E-state index contributed by atoms with van der Waals surface area (Å²) in [6.45, 7) is 4.46. The fourth-order valence-corrected chi connectivity index (χ4v) is 2.69. The summed E-state index contributed by atoms with van der Waals surface area (Å²) in [5.74, 6) is 1.94. The Hall–Kier alpha value is -2.57. The van der Waals surface area contributed by atoms with Gasteiger partial charge in [0.1, 0.15) is 11.8 Å². The zero-order valence-electron chi connectivity index (χ0n) is 13.5. The summed E-state index contributed by atoms with van der Waals surface area (Å²) < 4.78 is 10.6. The number of aromatic nitrogens is 2. The molecule has 2 heterocycles. The number of hydrogen-bond acceptors (Lipinski definition) is 6. The first kappa shape index (κ1) is 15.3. The van der Waals surface area contributed by atoms with Gasteiger partial charge in [-0.1, -0.05) is 5.16 Å². The molecule has 0 saturated carbocycles. The summed E-state index contributed by atoms with van der Waals surface area (Å²) in [5.41, 5.74) is 1.67. The van der Waals surface area contributed by atoms with Crippen LogP contribution in [0.25, 0.3) is 0 Å². The van der Waals surface area contributed by atoms with Crippen LogP contribution in [0.4, 0.5) is 11.4 Å². The van der Waals surface area contributed by atoms with E-state index in [4.69, 9.17) is 9.26 Å². The fourth-order valence-electron chi connectivity index (χ4n) is 2.69. The van der Waals surface area contributed by atoms with E-state index in [2.05, 4.69) is 15.5 Å². The summed E-state index contributed by atoms with van der Waals surface area (Å²) in [4.78, 5) is 17.9. The molecule has 1 atom stereocenters. The number of methoxy groups -OCH3 is 1. The number of rotatable bonds is 5. The lowest BCUT2D eigenvalue weighted by molar-refractivity contribution is -0.117. The molecule has 1 saturated heterocycles. The largest absolute Gasteiger partial charge is 0.494 e. The zero-order valence-corrected chi connectivity index (χ0v) is 13.5. The van der Waals surface area contributed by atoms with Crippen molar-refractivity contribution in [2.45, 2.75) is 32.7 Å². The Bertz CT molecular complexity index is 713. The van der Waals surface area contributed by atoms with Crippen molar-refractivity contribution in [1.29, 1.82) is 0 Å². The van der Waals surface area contributed by atoms with Crippen molar-refractivity contribution in [2.24, 2.45) is 0 Å². The quantitative estimate of drug-likeness (QED) is 0.913. The minimum atomic E-state index is -0.125. The minimum absolute atomic E-state index is 0.125. The Balaban J connectivity index is 1.80. The highest BCUT2D eigenvalue weighted by Crippen LogP contribution is 2.34. The number of nitrogens with one attached hydrogen (secondary N) is 1. The normalized spacial score (nSPS) is 15.8. The zero-order chi connectivity index (χ0) is 16.4. The third kappa shape index (κ3) is 3.13. The number of carbonyl (C=O) groups excluding carboxylic acids is 1. The summed E-state index contributed by atoms with van der Waals surface area (Å²) in [7, 11) is 1.61. The highest BCUT2D eigenvalue weighted by atomic mass is 16.5. The molecule has 0 aliphatic carbocycles. The van der Waals surface area contributed by atoms with Gasteiger partial charge in [-0.25, -0.2) is 0 Å². The summed E-state index contributed by atoms with van der Waals surface area (Å²) in [6, 6.07) is 5.57. The highest BCUT2D eigenvalue weighted by molar-refractivity contribution is 5.97. The maximum Gasteiger partial charge on any atom is 0.248 e. The molecule has 0 spiro atoms. The molecule has 23 heavy (non-hydrogen) atoms. The van der Waals surface area contributed by atoms with Crippen molar-refractivity contribution < 1.29 is 14.1 Å². The standard InChI is InChI=1S/C16H20N4O3/c1-10(16-18-11(2)19-23-16)17-12-6-7-13(14(9-12)22-3)20-8-4-5-15(20)21/h6-7,9-10,17H,4-5,8H2,1-3H3/t10-/m1/s1. The maximum absolute atomic E-state index is 11.9. The van der Waals surface area contributed by atoms with E-state index in [0.717, 1.165) is 24.3 Å². The Morgan fingerprint density at radius 1 is 1.43 bits per heavy atom. The molecule has 1 aromatic carbocycles. The predicted octanol–water partition coefficient (Wildman–Crippen LogP) is 2.69.